The molecule has 2 unspecified atom stereocenters. The van der Waals surface area contributed by atoms with Crippen molar-refractivity contribution in [3.8, 4) is 0 Å². The third kappa shape index (κ3) is 5.33. The van der Waals surface area contributed by atoms with E-state index in [4.69, 9.17) is 0 Å². The van der Waals surface area contributed by atoms with Crippen molar-refractivity contribution in [2.45, 2.75) is 68.7 Å². The summed E-state index contributed by atoms with van der Waals surface area (Å²) in [5.74, 6) is -3.43. The minimum absolute atomic E-state index is 0.0179. The SMILES string of the molecule is CS(=O)c1cc(NC(=O)[C@@H]2CC(F)(F)CCC2C2CCCCCC2)ccn1. The van der Waals surface area contributed by atoms with E-state index >= 15 is 0 Å². The molecule has 2 aliphatic rings. The zero-order valence-electron chi connectivity index (χ0n) is 15.8. The molecule has 7 heteroatoms. The van der Waals surface area contributed by atoms with E-state index in [1.54, 1.807) is 12.1 Å². The lowest BCUT2D eigenvalue weighted by Crippen LogP contribution is -2.42. The number of aromatic nitrogens is 1. The molecule has 1 N–H and O–H groups in total. The third-order valence-corrected chi connectivity index (χ3v) is 6.83. The number of alkyl halides is 2. The summed E-state index contributed by atoms with van der Waals surface area (Å²) in [5, 5.41) is 3.15. The van der Waals surface area contributed by atoms with Gasteiger partial charge < -0.3 is 5.32 Å². The van der Waals surface area contributed by atoms with Crippen LogP contribution in [-0.2, 0) is 15.6 Å². The summed E-state index contributed by atoms with van der Waals surface area (Å²) in [7, 11) is -1.27. The first-order chi connectivity index (χ1) is 12.9. The minimum atomic E-state index is -2.78. The van der Waals surface area contributed by atoms with Crippen LogP contribution in [0.15, 0.2) is 23.4 Å². The molecule has 150 valence electrons. The van der Waals surface area contributed by atoms with E-state index in [1.807, 2.05) is 0 Å². The van der Waals surface area contributed by atoms with E-state index < -0.39 is 22.6 Å². The zero-order valence-corrected chi connectivity index (χ0v) is 16.6. The van der Waals surface area contributed by atoms with Crippen LogP contribution in [0.25, 0.3) is 0 Å². The predicted molar refractivity (Wildman–Crippen MR) is 102 cm³/mol. The van der Waals surface area contributed by atoms with Gasteiger partial charge >= 0.3 is 0 Å². The maximum atomic E-state index is 14.1. The number of carbonyl (C=O) groups is 1. The monoisotopic (exact) mass is 398 g/mol. The molecule has 2 fully saturated rings. The van der Waals surface area contributed by atoms with Crippen LogP contribution in [-0.4, -0.2) is 27.3 Å². The second-order valence-corrected chi connectivity index (χ2v) is 9.27. The second-order valence-electron chi connectivity index (χ2n) is 7.95. The summed E-state index contributed by atoms with van der Waals surface area (Å²) in [6.07, 6.45) is 9.63. The molecule has 0 saturated heterocycles. The molecule has 0 bridgehead atoms. The Morgan fingerprint density at radius 1 is 1.22 bits per heavy atom. The fourth-order valence-electron chi connectivity index (χ4n) is 4.62. The normalized spacial score (nSPS) is 27.5. The van der Waals surface area contributed by atoms with Crippen molar-refractivity contribution in [2.75, 3.05) is 11.6 Å². The summed E-state index contributed by atoms with van der Waals surface area (Å²) >= 11 is 0. The number of hydrogen-bond donors (Lipinski definition) is 1. The first-order valence-electron chi connectivity index (χ1n) is 9.84. The maximum absolute atomic E-state index is 14.1. The predicted octanol–water partition coefficient (Wildman–Crippen LogP) is 4.78. The fraction of sp³-hybridized carbons (Fsp3) is 0.700. The van der Waals surface area contributed by atoms with Gasteiger partial charge in [-0.3, -0.25) is 9.00 Å². The molecule has 0 aromatic carbocycles. The molecule has 1 heterocycles. The lowest BCUT2D eigenvalue weighted by Gasteiger charge is -2.39. The van der Waals surface area contributed by atoms with Gasteiger partial charge in [0.1, 0.15) is 5.03 Å². The van der Waals surface area contributed by atoms with Crippen molar-refractivity contribution in [1.82, 2.24) is 4.98 Å². The highest BCUT2D eigenvalue weighted by Crippen LogP contribution is 2.46. The summed E-state index contributed by atoms with van der Waals surface area (Å²) < 4.78 is 39.8. The van der Waals surface area contributed by atoms with E-state index in [9.17, 15) is 17.8 Å². The Hall–Kier alpha value is -1.37. The number of amides is 1. The van der Waals surface area contributed by atoms with Crippen molar-refractivity contribution in [1.29, 1.82) is 0 Å². The number of anilines is 1. The molecule has 4 nitrogen and oxygen atoms in total. The molecule has 0 radical (unpaired) electrons. The van der Waals surface area contributed by atoms with Gasteiger partial charge in [0.05, 0.1) is 10.8 Å². The largest absolute Gasteiger partial charge is 0.326 e. The smallest absolute Gasteiger partial charge is 0.248 e. The number of halogens is 2. The van der Waals surface area contributed by atoms with Gasteiger partial charge in [0, 0.05) is 36.9 Å². The van der Waals surface area contributed by atoms with Crippen LogP contribution in [0, 0.1) is 17.8 Å². The highest BCUT2D eigenvalue weighted by atomic mass is 32.2. The Labute approximate surface area is 162 Å². The van der Waals surface area contributed by atoms with Gasteiger partial charge in [-0.25, -0.2) is 13.8 Å². The molecule has 3 atom stereocenters. The van der Waals surface area contributed by atoms with Crippen molar-refractivity contribution in [2.24, 2.45) is 17.8 Å². The Morgan fingerprint density at radius 3 is 2.59 bits per heavy atom. The first-order valence-corrected chi connectivity index (χ1v) is 11.4. The standard InChI is InChI=1S/C20H28F2N2O2S/c1-27(26)18-12-15(9-11-23-18)24-19(25)17-13-20(21,22)10-8-16(17)14-6-4-2-3-5-7-14/h9,11-12,14,16-17H,2-8,10,13H2,1H3,(H,23,24,25)/t16?,17-,27?/m1/s1. The molecule has 0 spiro atoms. The summed E-state index contributed by atoms with van der Waals surface area (Å²) in [4.78, 5) is 16.9. The molecule has 2 saturated carbocycles. The average molecular weight is 399 g/mol. The number of hydrogen-bond acceptors (Lipinski definition) is 3. The Morgan fingerprint density at radius 2 is 1.93 bits per heavy atom. The van der Waals surface area contributed by atoms with Crippen LogP contribution in [0.4, 0.5) is 14.5 Å². The molecule has 27 heavy (non-hydrogen) atoms. The van der Waals surface area contributed by atoms with Crippen LogP contribution in [0.3, 0.4) is 0 Å². The lowest BCUT2D eigenvalue weighted by atomic mass is 9.68. The zero-order chi connectivity index (χ0) is 19.4. The van der Waals surface area contributed by atoms with Crippen molar-refractivity contribution >= 4 is 22.4 Å². The average Bonchev–Trinajstić information content (AvgIpc) is 2.90. The van der Waals surface area contributed by atoms with E-state index in [0.717, 1.165) is 25.7 Å². The molecule has 2 aliphatic carbocycles. The number of nitrogens with one attached hydrogen (secondary N) is 1. The molecular weight excluding hydrogens is 370 g/mol. The topological polar surface area (TPSA) is 59.1 Å². The van der Waals surface area contributed by atoms with Crippen LogP contribution in [0.1, 0.15) is 57.8 Å². The van der Waals surface area contributed by atoms with Gasteiger partial charge in [0.25, 0.3) is 0 Å². The molecule has 1 amide bonds. The Kier molecular flexibility index (Phi) is 6.61. The summed E-state index contributed by atoms with van der Waals surface area (Å²) in [6.45, 7) is 0. The summed E-state index contributed by atoms with van der Waals surface area (Å²) in [6, 6.07) is 3.16. The minimum Gasteiger partial charge on any atom is -0.326 e. The van der Waals surface area contributed by atoms with Crippen molar-refractivity contribution in [3.05, 3.63) is 18.3 Å². The van der Waals surface area contributed by atoms with Gasteiger partial charge in [-0.2, -0.15) is 0 Å². The van der Waals surface area contributed by atoms with Gasteiger partial charge in [-0.1, -0.05) is 38.5 Å². The molecule has 1 aromatic rings. The number of pyridine rings is 1. The molecular formula is C20H28F2N2O2S. The molecule has 3 rings (SSSR count). The number of rotatable bonds is 4. The lowest BCUT2D eigenvalue weighted by molar-refractivity contribution is -0.134. The van der Waals surface area contributed by atoms with E-state index in [-0.39, 0.29) is 24.7 Å². The Balaban J connectivity index is 1.77. The van der Waals surface area contributed by atoms with Crippen molar-refractivity contribution in [3.63, 3.8) is 0 Å². The van der Waals surface area contributed by atoms with Gasteiger partial charge in [0.15, 0.2) is 0 Å². The van der Waals surface area contributed by atoms with Crippen LogP contribution in [0.2, 0.25) is 0 Å². The third-order valence-electron chi connectivity index (χ3n) is 6.02. The van der Waals surface area contributed by atoms with Crippen molar-refractivity contribution < 1.29 is 17.8 Å². The van der Waals surface area contributed by atoms with E-state index in [1.165, 1.54) is 25.3 Å². The summed E-state index contributed by atoms with van der Waals surface area (Å²) in [5.41, 5.74) is 0.466. The first kappa shape index (κ1) is 20.4. The second kappa shape index (κ2) is 8.76. The van der Waals surface area contributed by atoms with Crippen LogP contribution >= 0.6 is 0 Å². The quantitative estimate of drug-likeness (QED) is 0.743. The van der Waals surface area contributed by atoms with E-state index in [0.29, 0.717) is 23.1 Å². The number of carbonyl (C=O) groups excluding carboxylic acids is 1. The van der Waals surface area contributed by atoms with Gasteiger partial charge in [0.2, 0.25) is 11.8 Å². The van der Waals surface area contributed by atoms with Crippen LogP contribution in [0.5, 0.6) is 0 Å². The highest BCUT2D eigenvalue weighted by Gasteiger charge is 2.46. The number of nitrogens with zero attached hydrogens (tertiary/aromatic N) is 1. The van der Waals surface area contributed by atoms with Gasteiger partial charge in [-0.05, 0) is 30.4 Å². The van der Waals surface area contributed by atoms with Gasteiger partial charge in [-0.15, -0.1) is 0 Å². The maximum Gasteiger partial charge on any atom is 0.248 e. The Bertz CT molecular complexity index is 690. The van der Waals surface area contributed by atoms with Crippen LogP contribution < -0.4 is 5.32 Å². The molecule has 1 aromatic heterocycles. The molecule has 0 aliphatic heterocycles. The highest BCUT2D eigenvalue weighted by molar-refractivity contribution is 7.84. The fourth-order valence-corrected chi connectivity index (χ4v) is 5.13. The van der Waals surface area contributed by atoms with E-state index in [2.05, 4.69) is 10.3 Å².